The number of thioether (sulfide) groups is 1. The molecule has 0 spiro atoms. The molecule has 0 bridgehead atoms. The molecular weight excluding hydrogens is 1290 g/mol. The van der Waals surface area contributed by atoms with Gasteiger partial charge in [0.15, 0.2) is 30.5 Å². The Labute approximate surface area is 573 Å². The fraction of sp³-hybridized carbons (Fsp3) is 0.192. The first-order chi connectivity index (χ1) is 48.2. The van der Waals surface area contributed by atoms with Gasteiger partial charge in [0.25, 0.3) is 0 Å². The van der Waals surface area contributed by atoms with Crippen LogP contribution in [0.4, 0.5) is 0 Å². The summed E-state index contributed by atoms with van der Waals surface area (Å²) >= 11 is 1.35. The number of hydrogen-bond donors (Lipinski definition) is 0. The van der Waals surface area contributed by atoms with Gasteiger partial charge in [0.1, 0.15) is 30.9 Å². The van der Waals surface area contributed by atoms with E-state index in [1.807, 2.05) is 13.8 Å². The van der Waals surface area contributed by atoms with Gasteiger partial charge in [0.2, 0.25) is 12.4 Å². The molecule has 0 amide bonds. The fourth-order valence-corrected chi connectivity index (χ4v) is 11.4. The minimum absolute atomic E-state index is 0.00313. The van der Waals surface area contributed by atoms with Crippen LogP contribution in [0.2, 0.25) is 0 Å². The van der Waals surface area contributed by atoms with Crippen LogP contribution in [0.25, 0.3) is 0 Å². The lowest BCUT2D eigenvalue weighted by Gasteiger charge is -2.28. The Kier molecular flexibility index (Phi) is 24.8. The van der Waals surface area contributed by atoms with E-state index in [4.69, 9.17) is 52.1 Å². The van der Waals surface area contributed by atoms with E-state index < -0.39 is 127 Å². The zero-order valence-electron chi connectivity index (χ0n) is 53.3. The monoisotopic (exact) mass is 1350 g/mol. The second-order valence-corrected chi connectivity index (χ2v) is 24.1. The Balaban J connectivity index is 0.000000215. The first kappa shape index (κ1) is 70.3. The van der Waals surface area contributed by atoms with Gasteiger partial charge in [-0.05, 0) is 109 Å². The molecule has 9 aromatic rings. The number of rotatable bonds is 24. The van der Waals surface area contributed by atoms with Crippen LogP contribution in [0.15, 0.2) is 273 Å². The first-order valence-electron chi connectivity index (χ1n) is 31.4. The highest BCUT2D eigenvalue weighted by atomic mass is 32.2. The lowest BCUT2D eigenvalue weighted by atomic mass is 10.0. The quantitative estimate of drug-likeness (QED) is 0.0402. The molecule has 2 aliphatic rings. The van der Waals surface area contributed by atoms with Gasteiger partial charge in [0.05, 0.1) is 50.1 Å². The van der Waals surface area contributed by atoms with Crippen LogP contribution < -0.4 is 0 Å². The molecule has 2 fully saturated rings. The average molecular weight is 1360 g/mol. The Morgan fingerprint density at radius 2 is 0.525 bits per heavy atom. The summed E-state index contributed by atoms with van der Waals surface area (Å²) in [6, 6.07) is 73.5. The maximum atomic E-state index is 13.6. The summed E-state index contributed by atoms with van der Waals surface area (Å²) in [5.74, 6) is -6.79. The molecule has 20 nitrogen and oxygen atoms in total. The fourth-order valence-electron chi connectivity index (χ4n) is 10.3. The van der Waals surface area contributed by atoms with Gasteiger partial charge in [-0.15, -0.1) is 11.8 Å². The number of hydrogen-bond acceptors (Lipinski definition) is 21. The zero-order chi connectivity index (χ0) is 69.5. The number of carbonyl (C=O) groups is 9. The van der Waals surface area contributed by atoms with Crippen molar-refractivity contribution in [2.24, 2.45) is 0 Å². The second kappa shape index (κ2) is 34.9. The van der Waals surface area contributed by atoms with E-state index in [0.29, 0.717) is 11.1 Å². The van der Waals surface area contributed by atoms with Crippen molar-refractivity contribution in [3.8, 4) is 0 Å². The Morgan fingerprint density at radius 3 is 0.818 bits per heavy atom. The van der Waals surface area contributed by atoms with E-state index in [-0.39, 0.29) is 44.2 Å². The Morgan fingerprint density at radius 1 is 0.293 bits per heavy atom. The molecular formula is C78H66O20S. The van der Waals surface area contributed by atoms with Crippen molar-refractivity contribution < 1.29 is 95.3 Å². The first-order valence-corrected chi connectivity index (χ1v) is 32.3. The van der Waals surface area contributed by atoms with Gasteiger partial charge >= 0.3 is 53.7 Å². The molecule has 99 heavy (non-hydrogen) atoms. The Hall–Kier alpha value is -11.5. The third kappa shape index (κ3) is 19.4. The molecule has 2 heterocycles. The van der Waals surface area contributed by atoms with Crippen LogP contribution in [0, 0.1) is 0 Å². The highest BCUT2D eigenvalue weighted by Gasteiger charge is 2.57. The van der Waals surface area contributed by atoms with Crippen LogP contribution in [0.3, 0.4) is 0 Å². The van der Waals surface area contributed by atoms with E-state index in [9.17, 15) is 43.2 Å². The predicted octanol–water partition coefficient (Wildman–Crippen LogP) is 12.5. The largest absolute Gasteiger partial charge is 0.458 e. The van der Waals surface area contributed by atoms with Crippen LogP contribution in [-0.4, -0.2) is 133 Å². The van der Waals surface area contributed by atoms with Gasteiger partial charge in [-0.1, -0.05) is 178 Å². The van der Waals surface area contributed by atoms with Crippen molar-refractivity contribution in [2.75, 3.05) is 13.2 Å². The SMILES string of the molecule is CC(C)S[C@@H]1O[C@@H]([C@@H](COC(=O)c2ccccc2)OC(=O)c2ccccc2)[C@H](OC(=O)c2ccccc2)[C@H]1OC(=O)c1ccccc1.O=C(OC[C@@H](OC(=O)c1ccccc1)[C@@H]1OC(OC(=O)c2ccccc2)[C@H](OC(=O)c2ccccc2)[C@H]1OC(=O)c1ccccc1)c1ccccc1. The molecule has 10 atom stereocenters. The molecule has 504 valence electrons. The van der Waals surface area contributed by atoms with E-state index >= 15 is 0 Å². The minimum atomic E-state index is -1.68. The molecule has 2 saturated heterocycles. The highest BCUT2D eigenvalue weighted by molar-refractivity contribution is 8.00. The van der Waals surface area contributed by atoms with Crippen molar-refractivity contribution in [1.29, 1.82) is 0 Å². The lowest BCUT2D eigenvalue weighted by Crippen LogP contribution is -2.47. The smallest absolute Gasteiger partial charge is 0.340 e. The number of carbonyl (C=O) groups excluding carboxylic acids is 9. The molecule has 0 saturated carbocycles. The van der Waals surface area contributed by atoms with Gasteiger partial charge in [-0.2, -0.15) is 0 Å². The third-order valence-corrected chi connectivity index (χ3v) is 16.3. The molecule has 11 rings (SSSR count). The average Bonchev–Trinajstić information content (AvgIpc) is 1.65. The summed E-state index contributed by atoms with van der Waals surface area (Å²) in [5.41, 5.74) is 1.10. The van der Waals surface area contributed by atoms with Crippen molar-refractivity contribution in [2.45, 2.75) is 79.7 Å². The zero-order valence-corrected chi connectivity index (χ0v) is 54.1. The van der Waals surface area contributed by atoms with Gasteiger partial charge in [-0.3, -0.25) is 0 Å². The molecule has 21 heteroatoms. The third-order valence-electron chi connectivity index (χ3n) is 15.1. The molecule has 0 aromatic heterocycles. The summed E-state index contributed by atoms with van der Waals surface area (Å²) in [4.78, 5) is 120. The summed E-state index contributed by atoms with van der Waals surface area (Å²) in [6.07, 6.45) is -12.6. The molecule has 1 unspecified atom stereocenters. The van der Waals surface area contributed by atoms with Crippen LogP contribution in [0.5, 0.6) is 0 Å². The standard InChI is InChI=1S/C41H32O11.C37H34O9S/c42-36(27-16-6-1-7-17-27)47-26-32(48-37(43)28-18-8-2-9-19-28)33-34(49-38(44)29-20-10-3-11-21-29)35(50-39(45)30-22-12-4-13-23-30)41(51-33)52-40(46)31-24-14-5-15-25-31;1-24(2)47-37-32(45-36(41)28-21-13-6-14-22-28)31(44-35(40)27-19-11-5-12-20-27)30(46-37)29(43-34(39)26-17-9-4-10-18-26)23-42-33(38)25-15-7-3-8-16-25/h1-25,32-35,41H,26H2;3-22,24,29-32,37H,23H2,1-2H3/t32-,33+,34+,35-,41?;29-,30+,31+,32-,37+/m11/s1. The van der Waals surface area contributed by atoms with Crippen LogP contribution in [-0.2, 0) is 52.1 Å². The number of benzene rings is 9. The number of esters is 9. The number of ether oxygens (including phenoxy) is 11. The van der Waals surface area contributed by atoms with E-state index in [2.05, 4.69) is 0 Å². The summed E-state index contributed by atoms with van der Waals surface area (Å²) < 4.78 is 65.4. The normalized spacial score (nSPS) is 18.8. The summed E-state index contributed by atoms with van der Waals surface area (Å²) in [7, 11) is 0. The van der Waals surface area contributed by atoms with E-state index in [0.717, 1.165) is 0 Å². The highest BCUT2D eigenvalue weighted by Crippen LogP contribution is 2.39. The molecule has 0 N–H and O–H groups in total. The van der Waals surface area contributed by atoms with Crippen molar-refractivity contribution >= 4 is 65.5 Å². The summed E-state index contributed by atoms with van der Waals surface area (Å²) in [5, 5.41) is 0.00313. The van der Waals surface area contributed by atoms with Crippen molar-refractivity contribution in [3.63, 3.8) is 0 Å². The van der Waals surface area contributed by atoms with Gasteiger partial charge in [-0.25, -0.2) is 43.2 Å². The molecule has 0 aliphatic carbocycles. The van der Waals surface area contributed by atoms with Crippen LogP contribution in [0.1, 0.15) is 107 Å². The molecule has 9 aromatic carbocycles. The second-order valence-electron chi connectivity index (χ2n) is 22.4. The predicted molar refractivity (Wildman–Crippen MR) is 359 cm³/mol. The maximum Gasteiger partial charge on any atom is 0.340 e. The van der Waals surface area contributed by atoms with Crippen LogP contribution >= 0.6 is 11.8 Å². The van der Waals surface area contributed by atoms with Crippen molar-refractivity contribution in [3.05, 3.63) is 323 Å². The summed E-state index contributed by atoms with van der Waals surface area (Å²) in [6.45, 7) is 2.86. The topological polar surface area (TPSA) is 255 Å². The maximum absolute atomic E-state index is 13.6. The molecule has 2 aliphatic heterocycles. The van der Waals surface area contributed by atoms with E-state index in [1.165, 1.54) is 60.3 Å². The van der Waals surface area contributed by atoms with E-state index in [1.54, 1.807) is 224 Å². The van der Waals surface area contributed by atoms with Crippen molar-refractivity contribution in [1.82, 2.24) is 0 Å². The van der Waals surface area contributed by atoms with Gasteiger partial charge in [0, 0.05) is 5.25 Å². The lowest BCUT2D eigenvalue weighted by molar-refractivity contribution is -0.156. The Bertz CT molecular complexity index is 4140. The minimum Gasteiger partial charge on any atom is -0.458 e. The molecule has 0 radical (unpaired) electrons. The van der Waals surface area contributed by atoms with Gasteiger partial charge < -0.3 is 52.1 Å².